The van der Waals surface area contributed by atoms with Gasteiger partial charge in [0.25, 0.3) is 0 Å². The Kier molecular flexibility index (Phi) is 4.90. The van der Waals surface area contributed by atoms with Gasteiger partial charge in [-0.15, -0.1) is 0 Å². The van der Waals surface area contributed by atoms with E-state index in [1.807, 2.05) is 17.8 Å². The maximum absolute atomic E-state index is 10.8. The van der Waals surface area contributed by atoms with Crippen LogP contribution in [0.25, 0.3) is 0 Å². The van der Waals surface area contributed by atoms with Crippen LogP contribution in [0.15, 0.2) is 24.3 Å². The summed E-state index contributed by atoms with van der Waals surface area (Å²) in [5, 5.41) is 12.2. The van der Waals surface area contributed by atoms with Crippen molar-refractivity contribution in [3.63, 3.8) is 0 Å². The highest BCUT2D eigenvalue weighted by Gasteiger charge is 2.09. The number of carboxylic acids is 1. The molecule has 0 aliphatic carbocycles. The number of hydrogen-bond acceptors (Lipinski definition) is 4. The molecule has 1 heterocycles. The van der Waals surface area contributed by atoms with E-state index >= 15 is 0 Å². The predicted molar refractivity (Wildman–Crippen MR) is 75.7 cm³/mol. The minimum absolute atomic E-state index is 0.328. The predicted octanol–water partition coefficient (Wildman–Crippen LogP) is 1.85. The van der Waals surface area contributed by atoms with Crippen LogP contribution in [0.1, 0.15) is 10.4 Å². The lowest BCUT2D eigenvalue weighted by Gasteiger charge is -2.26. The van der Waals surface area contributed by atoms with Crippen LogP contribution in [0.3, 0.4) is 0 Å². The van der Waals surface area contributed by atoms with Gasteiger partial charge in [-0.25, -0.2) is 4.79 Å². The van der Waals surface area contributed by atoms with Crippen molar-refractivity contribution in [2.75, 3.05) is 43.0 Å². The van der Waals surface area contributed by atoms with Crippen LogP contribution < -0.4 is 5.32 Å². The van der Waals surface area contributed by atoms with Crippen LogP contribution in [0, 0.1) is 0 Å². The maximum Gasteiger partial charge on any atom is 0.335 e. The molecule has 1 aromatic rings. The van der Waals surface area contributed by atoms with Crippen molar-refractivity contribution in [2.45, 2.75) is 0 Å². The van der Waals surface area contributed by atoms with Gasteiger partial charge in [-0.1, -0.05) is 6.07 Å². The average molecular weight is 266 g/mol. The number of rotatable bonds is 5. The number of benzene rings is 1. The lowest BCUT2D eigenvalue weighted by Crippen LogP contribution is -2.36. The Morgan fingerprint density at radius 1 is 1.39 bits per heavy atom. The van der Waals surface area contributed by atoms with E-state index in [1.165, 1.54) is 11.5 Å². The Balaban J connectivity index is 1.78. The van der Waals surface area contributed by atoms with Gasteiger partial charge in [0.2, 0.25) is 0 Å². The largest absolute Gasteiger partial charge is 0.478 e. The molecule has 98 valence electrons. The number of aromatic carboxylic acids is 1. The average Bonchev–Trinajstić information content (AvgIpc) is 2.40. The van der Waals surface area contributed by atoms with Gasteiger partial charge in [-0.2, -0.15) is 11.8 Å². The Hall–Kier alpha value is -1.20. The van der Waals surface area contributed by atoms with Gasteiger partial charge in [0, 0.05) is 43.4 Å². The zero-order valence-electron chi connectivity index (χ0n) is 10.3. The molecule has 2 N–H and O–H groups in total. The molecule has 0 saturated carbocycles. The SMILES string of the molecule is O=C(O)c1cccc(NCCN2CCSCC2)c1. The highest BCUT2D eigenvalue weighted by atomic mass is 32.2. The maximum atomic E-state index is 10.8. The molecular formula is C13H18N2O2S. The third kappa shape index (κ3) is 3.92. The van der Waals surface area contributed by atoms with E-state index in [0.29, 0.717) is 5.56 Å². The number of thioether (sulfide) groups is 1. The van der Waals surface area contributed by atoms with E-state index in [9.17, 15) is 4.79 Å². The molecule has 5 heteroatoms. The fourth-order valence-corrected chi connectivity index (χ4v) is 2.92. The molecule has 4 nitrogen and oxygen atoms in total. The molecule has 1 fully saturated rings. The summed E-state index contributed by atoms with van der Waals surface area (Å²) in [5.74, 6) is 1.55. The Morgan fingerprint density at radius 2 is 2.17 bits per heavy atom. The second-order valence-corrected chi connectivity index (χ2v) is 5.49. The highest BCUT2D eigenvalue weighted by molar-refractivity contribution is 7.99. The molecule has 0 bridgehead atoms. The smallest absolute Gasteiger partial charge is 0.335 e. The summed E-state index contributed by atoms with van der Waals surface area (Å²) in [4.78, 5) is 13.3. The summed E-state index contributed by atoms with van der Waals surface area (Å²) < 4.78 is 0. The first kappa shape index (κ1) is 13.2. The summed E-state index contributed by atoms with van der Waals surface area (Å²) >= 11 is 2.01. The quantitative estimate of drug-likeness (QED) is 0.852. The third-order valence-electron chi connectivity index (χ3n) is 2.97. The van der Waals surface area contributed by atoms with E-state index in [2.05, 4.69) is 10.2 Å². The van der Waals surface area contributed by atoms with Gasteiger partial charge in [0.1, 0.15) is 0 Å². The lowest BCUT2D eigenvalue weighted by molar-refractivity contribution is 0.0697. The molecule has 1 saturated heterocycles. The minimum Gasteiger partial charge on any atom is -0.478 e. The lowest BCUT2D eigenvalue weighted by atomic mass is 10.2. The molecule has 1 aliphatic heterocycles. The molecule has 0 amide bonds. The molecule has 1 aromatic carbocycles. The van der Waals surface area contributed by atoms with Crippen LogP contribution in [0.2, 0.25) is 0 Å². The second kappa shape index (κ2) is 6.66. The van der Waals surface area contributed by atoms with Crippen molar-refractivity contribution in [3.05, 3.63) is 29.8 Å². The molecular weight excluding hydrogens is 248 g/mol. The first-order valence-electron chi connectivity index (χ1n) is 6.13. The van der Waals surface area contributed by atoms with Gasteiger partial charge in [-0.3, -0.25) is 4.90 Å². The van der Waals surface area contributed by atoms with E-state index in [0.717, 1.165) is 31.9 Å². The molecule has 0 unspecified atom stereocenters. The minimum atomic E-state index is -0.883. The van der Waals surface area contributed by atoms with Gasteiger partial charge < -0.3 is 10.4 Å². The second-order valence-electron chi connectivity index (χ2n) is 4.27. The Labute approximate surface area is 111 Å². The third-order valence-corrected chi connectivity index (χ3v) is 3.91. The van der Waals surface area contributed by atoms with Gasteiger partial charge in [0.05, 0.1) is 5.56 Å². The molecule has 0 spiro atoms. The van der Waals surface area contributed by atoms with E-state index in [-0.39, 0.29) is 0 Å². The van der Waals surface area contributed by atoms with Crippen LogP contribution in [-0.4, -0.2) is 53.7 Å². The van der Waals surface area contributed by atoms with Gasteiger partial charge >= 0.3 is 5.97 Å². The van der Waals surface area contributed by atoms with E-state index in [1.54, 1.807) is 18.2 Å². The summed E-state index contributed by atoms with van der Waals surface area (Å²) in [6, 6.07) is 6.95. The van der Waals surface area contributed by atoms with Crippen LogP contribution in [-0.2, 0) is 0 Å². The Bertz CT molecular complexity index is 406. The van der Waals surface area contributed by atoms with Crippen molar-refractivity contribution < 1.29 is 9.90 Å². The number of hydrogen-bond donors (Lipinski definition) is 2. The fourth-order valence-electron chi connectivity index (χ4n) is 1.95. The highest BCUT2D eigenvalue weighted by Crippen LogP contribution is 2.11. The van der Waals surface area contributed by atoms with Crippen molar-refractivity contribution >= 4 is 23.4 Å². The van der Waals surface area contributed by atoms with Crippen LogP contribution >= 0.6 is 11.8 Å². The van der Waals surface area contributed by atoms with Crippen molar-refractivity contribution in [2.24, 2.45) is 0 Å². The van der Waals surface area contributed by atoms with Gasteiger partial charge in [0.15, 0.2) is 0 Å². The zero-order valence-corrected chi connectivity index (χ0v) is 11.1. The molecule has 0 atom stereocenters. The van der Waals surface area contributed by atoms with E-state index < -0.39 is 5.97 Å². The molecule has 1 aliphatic rings. The normalized spacial score (nSPS) is 16.4. The van der Waals surface area contributed by atoms with Crippen LogP contribution in [0.4, 0.5) is 5.69 Å². The molecule has 0 radical (unpaired) electrons. The van der Waals surface area contributed by atoms with E-state index in [4.69, 9.17) is 5.11 Å². The standard InChI is InChI=1S/C13H18N2O2S/c16-13(17)11-2-1-3-12(10-11)14-4-5-15-6-8-18-9-7-15/h1-3,10,14H,4-9H2,(H,16,17). The van der Waals surface area contributed by atoms with Crippen molar-refractivity contribution in [1.82, 2.24) is 4.90 Å². The topological polar surface area (TPSA) is 52.6 Å². The fraction of sp³-hybridized carbons (Fsp3) is 0.462. The summed E-state index contributed by atoms with van der Waals surface area (Å²) in [7, 11) is 0. The summed E-state index contributed by atoms with van der Waals surface area (Å²) in [6.45, 7) is 4.18. The monoisotopic (exact) mass is 266 g/mol. The molecule has 2 rings (SSSR count). The summed E-state index contributed by atoms with van der Waals surface area (Å²) in [6.07, 6.45) is 0. The number of carboxylic acid groups (broad SMARTS) is 1. The van der Waals surface area contributed by atoms with Crippen LogP contribution in [0.5, 0.6) is 0 Å². The molecule has 18 heavy (non-hydrogen) atoms. The van der Waals surface area contributed by atoms with Gasteiger partial charge in [-0.05, 0) is 18.2 Å². The first-order valence-corrected chi connectivity index (χ1v) is 7.28. The number of nitrogens with zero attached hydrogens (tertiary/aromatic N) is 1. The summed E-state index contributed by atoms with van der Waals surface area (Å²) in [5.41, 5.74) is 1.20. The number of nitrogens with one attached hydrogen (secondary N) is 1. The number of anilines is 1. The molecule has 0 aromatic heterocycles. The first-order chi connectivity index (χ1) is 8.75. The zero-order chi connectivity index (χ0) is 12.8. The van der Waals surface area contributed by atoms with Crippen molar-refractivity contribution in [3.8, 4) is 0 Å². The Morgan fingerprint density at radius 3 is 2.89 bits per heavy atom. The van der Waals surface area contributed by atoms with Crippen molar-refractivity contribution in [1.29, 1.82) is 0 Å². The number of carbonyl (C=O) groups is 1.